The molecule has 1 atom stereocenters. The second-order valence-corrected chi connectivity index (χ2v) is 5.06. The second kappa shape index (κ2) is 7.56. The van der Waals surface area contributed by atoms with Gasteiger partial charge in [0.15, 0.2) is 5.69 Å². The van der Waals surface area contributed by atoms with Gasteiger partial charge in [-0.25, -0.2) is 0 Å². The highest BCUT2D eigenvalue weighted by atomic mass is 16.2. The number of hydrogen-bond acceptors (Lipinski definition) is 4. The van der Waals surface area contributed by atoms with Gasteiger partial charge in [-0.1, -0.05) is 18.2 Å². The lowest BCUT2D eigenvalue weighted by Gasteiger charge is -2.13. The Morgan fingerprint density at radius 2 is 2.05 bits per heavy atom. The molecule has 1 aromatic heterocycles. The molecule has 4 N–H and O–H groups in total. The number of benzene rings is 1. The van der Waals surface area contributed by atoms with E-state index in [2.05, 4.69) is 26.1 Å². The van der Waals surface area contributed by atoms with Gasteiger partial charge in [-0.05, 0) is 33.0 Å². The minimum Gasteiger partial charge on any atom is -0.354 e. The zero-order chi connectivity index (χ0) is 15.9. The van der Waals surface area contributed by atoms with Crippen molar-refractivity contribution in [3.8, 4) is 0 Å². The molecule has 1 heterocycles. The van der Waals surface area contributed by atoms with Gasteiger partial charge in [0.05, 0.1) is 5.52 Å². The first kappa shape index (κ1) is 16.0. The molecule has 0 spiro atoms. The van der Waals surface area contributed by atoms with Crippen LogP contribution >= 0.6 is 0 Å². The van der Waals surface area contributed by atoms with Gasteiger partial charge in [0.1, 0.15) is 6.04 Å². The quantitative estimate of drug-likeness (QED) is 0.557. The van der Waals surface area contributed by atoms with Gasteiger partial charge in [0, 0.05) is 11.9 Å². The molecule has 2 amide bonds. The van der Waals surface area contributed by atoms with E-state index < -0.39 is 6.04 Å². The number of carbonyl (C=O) groups excluding carboxylic acids is 2. The number of para-hydroxylation sites is 1. The van der Waals surface area contributed by atoms with Crippen LogP contribution in [-0.2, 0) is 4.79 Å². The molecule has 0 aliphatic carbocycles. The molecule has 22 heavy (non-hydrogen) atoms. The predicted octanol–water partition coefficient (Wildman–Crippen LogP) is 0.407. The highest BCUT2D eigenvalue weighted by Gasteiger charge is 2.19. The number of H-pyrrole nitrogens is 1. The fourth-order valence-electron chi connectivity index (χ4n) is 2.10. The van der Waals surface area contributed by atoms with Crippen LogP contribution in [-0.4, -0.2) is 48.2 Å². The third kappa shape index (κ3) is 3.82. The topological polar surface area (TPSA) is 98.9 Å². The summed E-state index contributed by atoms with van der Waals surface area (Å²) in [6.07, 6.45) is 0.840. The van der Waals surface area contributed by atoms with Gasteiger partial charge in [-0.2, -0.15) is 5.10 Å². The van der Waals surface area contributed by atoms with Crippen molar-refractivity contribution in [2.45, 2.75) is 19.4 Å². The molecule has 7 heteroatoms. The lowest BCUT2D eigenvalue weighted by Crippen LogP contribution is -2.45. The summed E-state index contributed by atoms with van der Waals surface area (Å²) in [4.78, 5) is 24.1. The van der Waals surface area contributed by atoms with Gasteiger partial charge in [-0.15, -0.1) is 0 Å². The van der Waals surface area contributed by atoms with E-state index in [9.17, 15) is 9.59 Å². The van der Waals surface area contributed by atoms with Gasteiger partial charge in [0.25, 0.3) is 5.91 Å². The average molecular weight is 303 g/mol. The lowest BCUT2D eigenvalue weighted by molar-refractivity contribution is -0.122. The smallest absolute Gasteiger partial charge is 0.273 e. The minimum atomic E-state index is -0.613. The van der Waals surface area contributed by atoms with Crippen molar-refractivity contribution in [2.24, 2.45) is 0 Å². The van der Waals surface area contributed by atoms with E-state index in [4.69, 9.17) is 0 Å². The molecule has 0 saturated heterocycles. The normalized spacial score (nSPS) is 12.1. The summed E-state index contributed by atoms with van der Waals surface area (Å²) in [7, 11) is 1.86. The molecule has 0 radical (unpaired) electrons. The number of nitrogens with zero attached hydrogens (tertiary/aromatic N) is 1. The number of amides is 2. The number of nitrogens with one attached hydrogen (secondary N) is 4. The number of rotatable bonds is 7. The zero-order valence-corrected chi connectivity index (χ0v) is 12.8. The van der Waals surface area contributed by atoms with Crippen LogP contribution < -0.4 is 16.0 Å². The summed E-state index contributed by atoms with van der Waals surface area (Å²) in [5.41, 5.74) is 1.09. The van der Waals surface area contributed by atoms with Crippen molar-refractivity contribution in [1.29, 1.82) is 0 Å². The first-order valence-electron chi connectivity index (χ1n) is 7.29. The third-order valence-electron chi connectivity index (χ3n) is 3.33. The van der Waals surface area contributed by atoms with Gasteiger partial charge in [0.2, 0.25) is 5.91 Å². The molecule has 2 rings (SSSR count). The number of fused-ring (bicyclic) bond motifs is 1. The molecule has 7 nitrogen and oxygen atoms in total. The fourth-order valence-corrected chi connectivity index (χ4v) is 2.10. The van der Waals surface area contributed by atoms with Gasteiger partial charge < -0.3 is 16.0 Å². The minimum absolute atomic E-state index is 0.204. The van der Waals surface area contributed by atoms with E-state index in [1.807, 2.05) is 31.3 Å². The van der Waals surface area contributed by atoms with Crippen LogP contribution in [0.2, 0.25) is 0 Å². The van der Waals surface area contributed by atoms with E-state index in [0.717, 1.165) is 23.9 Å². The maximum Gasteiger partial charge on any atom is 0.273 e. The fraction of sp³-hybridized carbons (Fsp3) is 0.400. The first-order valence-corrected chi connectivity index (χ1v) is 7.29. The SMILES string of the molecule is CNCCCNC(=O)C(C)NC(=O)c1n[nH]c2ccccc12. The summed E-state index contributed by atoms with van der Waals surface area (Å²) in [6.45, 7) is 3.06. The monoisotopic (exact) mass is 303 g/mol. The molecule has 0 fully saturated rings. The summed E-state index contributed by atoms with van der Waals surface area (Å²) >= 11 is 0. The zero-order valence-electron chi connectivity index (χ0n) is 12.8. The van der Waals surface area contributed by atoms with E-state index in [1.165, 1.54) is 0 Å². The largest absolute Gasteiger partial charge is 0.354 e. The van der Waals surface area contributed by atoms with E-state index in [0.29, 0.717) is 12.2 Å². The van der Waals surface area contributed by atoms with Crippen LogP contribution in [0.4, 0.5) is 0 Å². The molecule has 0 saturated carbocycles. The maximum atomic E-state index is 12.2. The Kier molecular flexibility index (Phi) is 5.48. The van der Waals surface area contributed by atoms with E-state index in [1.54, 1.807) is 6.92 Å². The van der Waals surface area contributed by atoms with Crippen LogP contribution in [0.3, 0.4) is 0 Å². The summed E-state index contributed by atoms with van der Waals surface area (Å²) in [5, 5.41) is 16.0. The Bertz CT molecular complexity index is 652. The van der Waals surface area contributed by atoms with Crippen molar-refractivity contribution in [3.05, 3.63) is 30.0 Å². The van der Waals surface area contributed by atoms with Crippen molar-refractivity contribution in [2.75, 3.05) is 20.1 Å². The molecule has 0 aliphatic rings. The van der Waals surface area contributed by atoms with Crippen LogP contribution in [0.25, 0.3) is 10.9 Å². The molecular formula is C15H21N5O2. The summed E-state index contributed by atoms with van der Waals surface area (Å²) in [6, 6.07) is 6.75. The number of aromatic amines is 1. The van der Waals surface area contributed by atoms with Crippen molar-refractivity contribution >= 4 is 22.7 Å². The first-order chi connectivity index (χ1) is 10.6. The van der Waals surface area contributed by atoms with Gasteiger partial charge in [-0.3, -0.25) is 14.7 Å². The van der Waals surface area contributed by atoms with Crippen molar-refractivity contribution in [3.63, 3.8) is 0 Å². The summed E-state index contributed by atoms with van der Waals surface area (Å²) in [5.74, 6) is -0.570. The number of hydrogen-bond donors (Lipinski definition) is 4. The molecule has 0 aliphatic heterocycles. The molecule has 2 aromatic rings. The lowest BCUT2D eigenvalue weighted by atomic mass is 10.2. The van der Waals surface area contributed by atoms with Gasteiger partial charge >= 0.3 is 0 Å². The second-order valence-electron chi connectivity index (χ2n) is 5.06. The maximum absolute atomic E-state index is 12.2. The highest BCUT2D eigenvalue weighted by Crippen LogP contribution is 2.14. The van der Waals surface area contributed by atoms with Crippen LogP contribution in [0.1, 0.15) is 23.8 Å². The molecule has 0 bridgehead atoms. The molecular weight excluding hydrogens is 282 g/mol. The molecule has 118 valence electrons. The van der Waals surface area contributed by atoms with Crippen LogP contribution in [0, 0.1) is 0 Å². The summed E-state index contributed by atoms with van der Waals surface area (Å²) < 4.78 is 0. The third-order valence-corrected chi connectivity index (χ3v) is 3.33. The molecule has 1 unspecified atom stereocenters. The Morgan fingerprint density at radius 1 is 1.27 bits per heavy atom. The Labute approximate surface area is 128 Å². The Hall–Kier alpha value is -2.41. The van der Waals surface area contributed by atoms with Crippen molar-refractivity contribution < 1.29 is 9.59 Å². The van der Waals surface area contributed by atoms with E-state index in [-0.39, 0.29) is 11.8 Å². The Balaban J connectivity index is 1.92. The Morgan fingerprint density at radius 3 is 2.82 bits per heavy atom. The standard InChI is InChI=1S/C15H21N5O2/c1-10(14(21)17-9-5-8-16-2)18-15(22)13-11-6-3-4-7-12(11)19-20-13/h3-4,6-7,10,16H,5,8-9H2,1-2H3,(H,17,21)(H,18,22)(H,19,20). The molecule has 1 aromatic carbocycles. The van der Waals surface area contributed by atoms with E-state index >= 15 is 0 Å². The average Bonchev–Trinajstić information content (AvgIpc) is 2.95. The van der Waals surface area contributed by atoms with Crippen LogP contribution in [0.15, 0.2) is 24.3 Å². The predicted molar refractivity (Wildman–Crippen MR) is 84.6 cm³/mol. The highest BCUT2D eigenvalue weighted by molar-refractivity contribution is 6.05. The number of carbonyl (C=O) groups is 2. The van der Waals surface area contributed by atoms with Crippen LogP contribution in [0.5, 0.6) is 0 Å². The van der Waals surface area contributed by atoms with Crippen molar-refractivity contribution in [1.82, 2.24) is 26.1 Å². The number of aromatic nitrogens is 2.